The maximum atomic E-state index is 13.6. The van der Waals surface area contributed by atoms with Crippen LogP contribution in [0, 0.1) is 17.5 Å². The molecule has 0 saturated heterocycles. The van der Waals surface area contributed by atoms with Crippen molar-refractivity contribution in [1.29, 1.82) is 0 Å². The summed E-state index contributed by atoms with van der Waals surface area (Å²) in [5, 5.41) is 8.35. The van der Waals surface area contributed by atoms with Crippen molar-refractivity contribution >= 4 is 22.9 Å². The summed E-state index contributed by atoms with van der Waals surface area (Å²) in [5.74, 6) is -2.75. The molecule has 0 spiro atoms. The summed E-state index contributed by atoms with van der Waals surface area (Å²) in [5.41, 5.74) is 0.314. The molecule has 2 aromatic carbocycles. The van der Waals surface area contributed by atoms with Crippen molar-refractivity contribution in [2.24, 2.45) is 0 Å². The fourth-order valence-electron chi connectivity index (χ4n) is 2.57. The second kappa shape index (κ2) is 7.28. The average Bonchev–Trinajstić information content (AvgIpc) is 3.30. The van der Waals surface area contributed by atoms with E-state index in [0.717, 1.165) is 12.1 Å². The molecule has 9 heteroatoms. The van der Waals surface area contributed by atoms with Crippen molar-refractivity contribution in [3.63, 3.8) is 0 Å². The third-order valence-corrected chi connectivity index (χ3v) is 4.59. The van der Waals surface area contributed by atoms with Crippen LogP contribution in [0.15, 0.2) is 60.0 Å². The molecular weight excluding hydrogens is 389 g/mol. The molecule has 1 N–H and O–H groups in total. The van der Waals surface area contributed by atoms with Gasteiger partial charge in [-0.15, -0.1) is 16.4 Å². The van der Waals surface area contributed by atoms with Gasteiger partial charge in [0.1, 0.15) is 17.5 Å². The van der Waals surface area contributed by atoms with Crippen molar-refractivity contribution in [3.05, 3.63) is 83.3 Å². The van der Waals surface area contributed by atoms with Crippen LogP contribution in [-0.2, 0) is 0 Å². The van der Waals surface area contributed by atoms with Crippen LogP contribution in [0.1, 0.15) is 10.6 Å². The fourth-order valence-corrected chi connectivity index (χ4v) is 3.27. The molecule has 140 valence electrons. The normalized spacial score (nSPS) is 10.8. The van der Waals surface area contributed by atoms with E-state index >= 15 is 0 Å². The first-order valence-corrected chi connectivity index (χ1v) is 8.92. The third-order valence-electron chi connectivity index (χ3n) is 3.72. The van der Waals surface area contributed by atoms with Crippen LogP contribution in [0.4, 0.5) is 18.9 Å². The standard InChI is InChI=1S/C19H11F3N4OS/c20-11-3-1-4-15(10-11)26-18(16-5-2-6-28-16)24-17(25-26)19(27)23-14-8-12(21)7-13(22)9-14/h1-10H,(H,23,27). The summed E-state index contributed by atoms with van der Waals surface area (Å²) in [6.45, 7) is 0. The first-order chi connectivity index (χ1) is 13.5. The van der Waals surface area contributed by atoms with Gasteiger partial charge in [-0.05, 0) is 41.8 Å². The number of nitrogens with zero attached hydrogens (tertiary/aromatic N) is 3. The monoisotopic (exact) mass is 400 g/mol. The molecule has 0 aliphatic heterocycles. The lowest BCUT2D eigenvalue weighted by Crippen LogP contribution is -2.14. The third kappa shape index (κ3) is 3.65. The molecule has 0 saturated carbocycles. The van der Waals surface area contributed by atoms with Gasteiger partial charge in [0.05, 0.1) is 10.6 Å². The quantitative estimate of drug-likeness (QED) is 0.542. The molecule has 28 heavy (non-hydrogen) atoms. The van der Waals surface area contributed by atoms with E-state index in [-0.39, 0.29) is 11.5 Å². The minimum absolute atomic E-state index is 0.0673. The predicted molar refractivity (Wildman–Crippen MR) is 98.9 cm³/mol. The van der Waals surface area contributed by atoms with Crippen molar-refractivity contribution in [3.8, 4) is 16.4 Å². The lowest BCUT2D eigenvalue weighted by atomic mass is 10.3. The Kier molecular flexibility index (Phi) is 4.66. The molecule has 0 fully saturated rings. The zero-order chi connectivity index (χ0) is 19.7. The zero-order valence-electron chi connectivity index (χ0n) is 14.1. The number of anilines is 1. The molecule has 2 aromatic heterocycles. The van der Waals surface area contributed by atoms with E-state index in [4.69, 9.17) is 0 Å². The Morgan fingerprint density at radius 1 is 0.964 bits per heavy atom. The number of carbonyl (C=O) groups excluding carboxylic acids is 1. The molecule has 0 unspecified atom stereocenters. The molecule has 0 aliphatic rings. The minimum atomic E-state index is -0.826. The Balaban J connectivity index is 1.73. The summed E-state index contributed by atoms with van der Waals surface area (Å²) < 4.78 is 41.7. The highest BCUT2D eigenvalue weighted by Crippen LogP contribution is 2.26. The van der Waals surface area contributed by atoms with Gasteiger partial charge >= 0.3 is 0 Å². The fraction of sp³-hybridized carbons (Fsp3) is 0. The maximum Gasteiger partial charge on any atom is 0.295 e. The van der Waals surface area contributed by atoms with Gasteiger partial charge in [0.25, 0.3) is 5.91 Å². The average molecular weight is 400 g/mol. The van der Waals surface area contributed by atoms with Gasteiger partial charge in [-0.3, -0.25) is 4.79 Å². The number of aromatic nitrogens is 3. The Labute approximate surface area is 161 Å². The van der Waals surface area contributed by atoms with Gasteiger partial charge in [0, 0.05) is 11.8 Å². The molecule has 4 aromatic rings. The molecule has 0 aliphatic carbocycles. The number of nitrogens with one attached hydrogen (secondary N) is 1. The van der Waals surface area contributed by atoms with E-state index in [1.165, 1.54) is 34.2 Å². The SMILES string of the molecule is O=C(Nc1cc(F)cc(F)c1)c1nc(-c2cccs2)n(-c2cccc(F)c2)n1. The van der Waals surface area contributed by atoms with Gasteiger partial charge in [-0.2, -0.15) is 0 Å². The Morgan fingerprint density at radius 2 is 1.75 bits per heavy atom. The summed E-state index contributed by atoms with van der Waals surface area (Å²) >= 11 is 1.37. The summed E-state index contributed by atoms with van der Waals surface area (Å²) in [4.78, 5) is 17.5. The van der Waals surface area contributed by atoms with Gasteiger partial charge < -0.3 is 5.32 Å². The van der Waals surface area contributed by atoms with E-state index in [0.29, 0.717) is 22.5 Å². The molecule has 4 rings (SSSR count). The first-order valence-electron chi connectivity index (χ1n) is 8.04. The van der Waals surface area contributed by atoms with E-state index in [9.17, 15) is 18.0 Å². The Hall–Kier alpha value is -3.46. The van der Waals surface area contributed by atoms with Crippen LogP contribution in [0.2, 0.25) is 0 Å². The lowest BCUT2D eigenvalue weighted by Gasteiger charge is -2.04. The second-order valence-electron chi connectivity index (χ2n) is 5.74. The molecule has 2 heterocycles. The molecule has 0 atom stereocenters. The number of amides is 1. The zero-order valence-corrected chi connectivity index (χ0v) is 14.9. The van der Waals surface area contributed by atoms with E-state index in [1.807, 2.05) is 5.38 Å². The van der Waals surface area contributed by atoms with Crippen LogP contribution in [0.25, 0.3) is 16.4 Å². The topological polar surface area (TPSA) is 59.8 Å². The van der Waals surface area contributed by atoms with Crippen molar-refractivity contribution < 1.29 is 18.0 Å². The summed E-state index contributed by atoms with van der Waals surface area (Å²) in [7, 11) is 0. The van der Waals surface area contributed by atoms with Gasteiger partial charge in [0.15, 0.2) is 5.82 Å². The number of rotatable bonds is 4. The Bertz CT molecular complexity index is 1140. The molecular formula is C19H11F3N4OS. The van der Waals surface area contributed by atoms with Crippen molar-refractivity contribution in [2.75, 3.05) is 5.32 Å². The maximum absolute atomic E-state index is 13.6. The van der Waals surface area contributed by atoms with Crippen molar-refractivity contribution in [1.82, 2.24) is 14.8 Å². The highest BCUT2D eigenvalue weighted by Gasteiger charge is 2.20. The summed E-state index contributed by atoms with van der Waals surface area (Å²) in [6, 6.07) is 11.9. The van der Waals surface area contributed by atoms with Gasteiger partial charge in [0.2, 0.25) is 5.82 Å². The van der Waals surface area contributed by atoms with Crippen molar-refractivity contribution in [2.45, 2.75) is 0 Å². The summed E-state index contributed by atoms with van der Waals surface area (Å²) in [6.07, 6.45) is 0. The number of hydrogen-bond donors (Lipinski definition) is 1. The largest absolute Gasteiger partial charge is 0.319 e. The van der Waals surface area contributed by atoms with Crippen LogP contribution >= 0.6 is 11.3 Å². The van der Waals surface area contributed by atoms with E-state index in [1.54, 1.807) is 18.2 Å². The van der Waals surface area contributed by atoms with Gasteiger partial charge in [-0.25, -0.2) is 22.8 Å². The van der Waals surface area contributed by atoms with Gasteiger partial charge in [-0.1, -0.05) is 12.1 Å². The predicted octanol–water partition coefficient (Wildman–Crippen LogP) is 4.67. The number of thiophene rings is 1. The number of halogens is 3. The molecule has 1 amide bonds. The minimum Gasteiger partial charge on any atom is -0.319 e. The van der Waals surface area contributed by atoms with E-state index < -0.39 is 23.4 Å². The van der Waals surface area contributed by atoms with Crippen LogP contribution < -0.4 is 5.32 Å². The molecule has 5 nitrogen and oxygen atoms in total. The number of benzene rings is 2. The van der Waals surface area contributed by atoms with E-state index in [2.05, 4.69) is 15.4 Å². The van der Waals surface area contributed by atoms with Crippen LogP contribution in [0.3, 0.4) is 0 Å². The Morgan fingerprint density at radius 3 is 2.43 bits per heavy atom. The smallest absolute Gasteiger partial charge is 0.295 e. The van der Waals surface area contributed by atoms with Crippen LogP contribution in [0.5, 0.6) is 0 Å². The lowest BCUT2D eigenvalue weighted by molar-refractivity contribution is 0.101. The highest BCUT2D eigenvalue weighted by molar-refractivity contribution is 7.13. The number of carbonyl (C=O) groups is 1. The number of hydrogen-bond acceptors (Lipinski definition) is 4. The van der Waals surface area contributed by atoms with Crippen LogP contribution in [-0.4, -0.2) is 20.7 Å². The molecule has 0 bridgehead atoms. The first kappa shape index (κ1) is 17.9. The second-order valence-corrected chi connectivity index (χ2v) is 6.69. The molecule has 0 radical (unpaired) electrons. The highest BCUT2D eigenvalue weighted by atomic mass is 32.1.